The number of nitrogens with zero attached hydrogens (tertiary/aromatic N) is 1. The summed E-state index contributed by atoms with van der Waals surface area (Å²) in [4.78, 5) is 39.9. The van der Waals surface area contributed by atoms with Gasteiger partial charge in [0, 0.05) is 11.3 Å². The quantitative estimate of drug-likeness (QED) is 0.606. The first-order valence-corrected chi connectivity index (χ1v) is 9.24. The highest BCUT2D eigenvalue weighted by molar-refractivity contribution is 6.01. The van der Waals surface area contributed by atoms with Crippen LogP contribution in [0.5, 0.6) is 0 Å². The van der Waals surface area contributed by atoms with Gasteiger partial charge in [-0.2, -0.15) is 0 Å². The van der Waals surface area contributed by atoms with E-state index in [-0.39, 0.29) is 6.42 Å². The summed E-state index contributed by atoms with van der Waals surface area (Å²) in [5, 5.41) is 4.66. The number of hydrogen-bond donors (Lipinski definition) is 2. The van der Waals surface area contributed by atoms with Crippen molar-refractivity contribution in [3.05, 3.63) is 71.6 Å². The molecule has 1 heterocycles. The Morgan fingerprint density at radius 2 is 1.80 bits per heavy atom. The Morgan fingerprint density at radius 1 is 1.03 bits per heavy atom. The summed E-state index contributed by atoms with van der Waals surface area (Å²) in [6.07, 6.45) is 1.21. The molecule has 8 heteroatoms. The van der Waals surface area contributed by atoms with Crippen LogP contribution in [0.25, 0.3) is 11.5 Å². The van der Waals surface area contributed by atoms with Crippen LogP contribution in [0.15, 0.2) is 59.2 Å². The second-order valence-corrected chi connectivity index (χ2v) is 6.65. The number of carbonyl (C=O) groups is 3. The maximum atomic E-state index is 11.9. The molecule has 0 bridgehead atoms. The number of anilines is 1. The molecule has 0 aliphatic carbocycles. The third-order valence-electron chi connectivity index (χ3n) is 4.28. The molecule has 3 amide bonds. The minimum absolute atomic E-state index is 0.154. The molecule has 0 aliphatic heterocycles. The van der Waals surface area contributed by atoms with Crippen molar-refractivity contribution in [2.24, 2.45) is 0 Å². The van der Waals surface area contributed by atoms with Crippen LogP contribution in [0.2, 0.25) is 0 Å². The molecule has 0 atom stereocenters. The standard InChI is InChI=1S/C22H21N3O5/c1-14-8-9-17(10-15(14)2)24-22(28)25-19(26)13-29-20(27)11-18-12-30-21(23-18)16-6-4-3-5-7-16/h3-10,12H,11,13H2,1-2H3,(H2,24,25,26,28). The molecule has 2 aromatic carbocycles. The highest BCUT2D eigenvalue weighted by atomic mass is 16.5. The highest BCUT2D eigenvalue weighted by Gasteiger charge is 2.14. The first kappa shape index (κ1) is 20.8. The van der Waals surface area contributed by atoms with Crippen molar-refractivity contribution in [2.45, 2.75) is 20.3 Å². The molecule has 1 aromatic heterocycles. The summed E-state index contributed by atoms with van der Waals surface area (Å²) in [5.74, 6) is -1.01. The summed E-state index contributed by atoms with van der Waals surface area (Å²) >= 11 is 0. The second kappa shape index (κ2) is 9.51. The van der Waals surface area contributed by atoms with E-state index < -0.39 is 24.5 Å². The summed E-state index contributed by atoms with van der Waals surface area (Å²) in [7, 11) is 0. The van der Waals surface area contributed by atoms with Gasteiger partial charge in [0.2, 0.25) is 5.89 Å². The van der Waals surface area contributed by atoms with Crippen molar-refractivity contribution in [3.63, 3.8) is 0 Å². The lowest BCUT2D eigenvalue weighted by atomic mass is 10.1. The van der Waals surface area contributed by atoms with Gasteiger partial charge in [0.1, 0.15) is 6.26 Å². The molecule has 154 valence electrons. The van der Waals surface area contributed by atoms with E-state index in [4.69, 9.17) is 9.15 Å². The molecular weight excluding hydrogens is 386 g/mol. The van der Waals surface area contributed by atoms with Gasteiger partial charge in [-0.25, -0.2) is 9.78 Å². The topological polar surface area (TPSA) is 111 Å². The molecule has 3 aromatic rings. The van der Waals surface area contributed by atoms with Gasteiger partial charge < -0.3 is 14.5 Å². The number of hydrogen-bond acceptors (Lipinski definition) is 6. The van der Waals surface area contributed by atoms with Crippen molar-refractivity contribution in [1.82, 2.24) is 10.3 Å². The zero-order valence-corrected chi connectivity index (χ0v) is 16.6. The van der Waals surface area contributed by atoms with Gasteiger partial charge in [0.05, 0.1) is 12.1 Å². The van der Waals surface area contributed by atoms with Gasteiger partial charge in [0.15, 0.2) is 6.61 Å². The van der Waals surface area contributed by atoms with Gasteiger partial charge in [-0.15, -0.1) is 0 Å². The lowest BCUT2D eigenvalue weighted by Gasteiger charge is -2.09. The molecule has 0 saturated carbocycles. The van der Waals surface area contributed by atoms with Crippen LogP contribution < -0.4 is 10.6 Å². The number of nitrogens with one attached hydrogen (secondary N) is 2. The number of benzene rings is 2. The molecule has 0 saturated heterocycles. The molecule has 0 radical (unpaired) electrons. The van der Waals surface area contributed by atoms with Gasteiger partial charge >= 0.3 is 12.0 Å². The Hall–Kier alpha value is -3.94. The fourth-order valence-electron chi connectivity index (χ4n) is 2.59. The lowest BCUT2D eigenvalue weighted by molar-refractivity contribution is -0.147. The fraction of sp³-hybridized carbons (Fsp3) is 0.182. The second-order valence-electron chi connectivity index (χ2n) is 6.65. The number of urea groups is 1. The number of carbonyl (C=O) groups excluding carboxylic acids is 3. The Bertz CT molecular complexity index is 1060. The van der Waals surface area contributed by atoms with Crippen LogP contribution >= 0.6 is 0 Å². The molecule has 30 heavy (non-hydrogen) atoms. The number of aryl methyl sites for hydroxylation is 2. The van der Waals surface area contributed by atoms with Gasteiger partial charge in [0.25, 0.3) is 5.91 Å². The number of ether oxygens (including phenoxy) is 1. The summed E-state index contributed by atoms with van der Waals surface area (Å²) in [6.45, 7) is 3.29. The molecule has 3 rings (SSSR count). The van der Waals surface area contributed by atoms with E-state index in [1.54, 1.807) is 12.1 Å². The van der Waals surface area contributed by atoms with E-state index >= 15 is 0 Å². The molecule has 0 unspecified atom stereocenters. The molecule has 0 spiro atoms. The average Bonchev–Trinajstić information content (AvgIpc) is 3.18. The minimum Gasteiger partial charge on any atom is -0.455 e. The number of amides is 3. The maximum Gasteiger partial charge on any atom is 0.325 e. The molecular formula is C22H21N3O5. The number of rotatable bonds is 6. The number of esters is 1. The third-order valence-corrected chi connectivity index (χ3v) is 4.28. The normalized spacial score (nSPS) is 10.3. The van der Waals surface area contributed by atoms with Gasteiger partial charge in [-0.05, 0) is 49.2 Å². The van der Waals surface area contributed by atoms with E-state index in [9.17, 15) is 14.4 Å². The fourth-order valence-corrected chi connectivity index (χ4v) is 2.59. The predicted octanol–water partition coefficient (Wildman–Crippen LogP) is 3.39. The largest absolute Gasteiger partial charge is 0.455 e. The number of oxazole rings is 1. The van der Waals surface area contributed by atoms with Gasteiger partial charge in [-0.1, -0.05) is 24.3 Å². The van der Waals surface area contributed by atoms with Crippen molar-refractivity contribution >= 4 is 23.6 Å². The predicted molar refractivity (Wildman–Crippen MR) is 110 cm³/mol. The molecule has 0 fully saturated rings. The number of aromatic nitrogens is 1. The smallest absolute Gasteiger partial charge is 0.325 e. The van der Waals surface area contributed by atoms with Crippen LogP contribution in [0.4, 0.5) is 10.5 Å². The summed E-state index contributed by atoms with van der Waals surface area (Å²) < 4.78 is 10.2. The van der Waals surface area contributed by atoms with Crippen molar-refractivity contribution in [2.75, 3.05) is 11.9 Å². The minimum atomic E-state index is -0.741. The monoisotopic (exact) mass is 407 g/mol. The van der Waals surface area contributed by atoms with E-state index in [2.05, 4.69) is 15.6 Å². The van der Waals surface area contributed by atoms with E-state index in [0.717, 1.165) is 16.7 Å². The Morgan fingerprint density at radius 3 is 2.53 bits per heavy atom. The van der Waals surface area contributed by atoms with Crippen molar-refractivity contribution in [3.8, 4) is 11.5 Å². The lowest BCUT2D eigenvalue weighted by Crippen LogP contribution is -2.37. The van der Waals surface area contributed by atoms with Crippen LogP contribution in [0.1, 0.15) is 16.8 Å². The Labute approximate surface area is 173 Å². The molecule has 2 N–H and O–H groups in total. The van der Waals surface area contributed by atoms with Crippen LogP contribution in [0.3, 0.4) is 0 Å². The first-order valence-electron chi connectivity index (χ1n) is 9.24. The van der Waals surface area contributed by atoms with E-state index in [1.165, 1.54) is 6.26 Å². The first-order chi connectivity index (χ1) is 14.4. The van der Waals surface area contributed by atoms with Crippen LogP contribution in [0, 0.1) is 13.8 Å². The third kappa shape index (κ3) is 5.78. The van der Waals surface area contributed by atoms with Gasteiger partial charge in [-0.3, -0.25) is 14.9 Å². The summed E-state index contributed by atoms with van der Waals surface area (Å²) in [6, 6.07) is 13.9. The summed E-state index contributed by atoms with van der Waals surface area (Å²) in [5.41, 5.74) is 3.82. The SMILES string of the molecule is Cc1ccc(NC(=O)NC(=O)COC(=O)Cc2coc(-c3ccccc3)n2)cc1C. The average molecular weight is 407 g/mol. The van der Waals surface area contributed by atoms with Crippen LogP contribution in [-0.4, -0.2) is 29.5 Å². The maximum absolute atomic E-state index is 11.9. The number of imide groups is 1. The van der Waals surface area contributed by atoms with Crippen LogP contribution in [-0.2, 0) is 20.7 Å². The zero-order valence-electron chi connectivity index (χ0n) is 16.6. The van der Waals surface area contributed by atoms with Crippen molar-refractivity contribution < 1.29 is 23.5 Å². The molecule has 0 aliphatic rings. The van der Waals surface area contributed by atoms with E-state index in [0.29, 0.717) is 17.3 Å². The highest BCUT2D eigenvalue weighted by Crippen LogP contribution is 2.18. The Balaban J connectivity index is 1.43. The van der Waals surface area contributed by atoms with Crippen molar-refractivity contribution in [1.29, 1.82) is 0 Å². The Kier molecular flexibility index (Phi) is 6.59. The molecule has 8 nitrogen and oxygen atoms in total. The van der Waals surface area contributed by atoms with E-state index in [1.807, 2.05) is 50.2 Å². The zero-order chi connectivity index (χ0) is 21.5.